The summed E-state index contributed by atoms with van der Waals surface area (Å²) in [5.41, 5.74) is -0.379. The Labute approximate surface area is 110 Å². The van der Waals surface area contributed by atoms with E-state index in [1.54, 1.807) is 23.0 Å². The predicted molar refractivity (Wildman–Crippen MR) is 67.7 cm³/mol. The number of likely N-dealkylation sites (tertiary alicyclic amines) is 1. The number of benzene rings is 1. The largest absolute Gasteiger partial charge is 0.290 e. The van der Waals surface area contributed by atoms with Crippen molar-refractivity contribution in [1.29, 1.82) is 0 Å². The molecule has 0 atom stereocenters. The highest BCUT2D eigenvalue weighted by molar-refractivity contribution is 5.28. The van der Waals surface area contributed by atoms with Gasteiger partial charge in [-0.2, -0.15) is 5.10 Å². The normalized spacial score (nSPS) is 18.3. The van der Waals surface area contributed by atoms with Crippen LogP contribution in [0.1, 0.15) is 11.3 Å². The summed E-state index contributed by atoms with van der Waals surface area (Å²) in [7, 11) is 1.86. The van der Waals surface area contributed by atoms with Gasteiger partial charge >= 0.3 is 0 Å². The third-order valence-electron chi connectivity index (χ3n) is 3.61. The predicted octanol–water partition coefficient (Wildman–Crippen LogP) is 2.24. The second-order valence-corrected chi connectivity index (χ2v) is 5.04. The van der Waals surface area contributed by atoms with Gasteiger partial charge in [0.2, 0.25) is 0 Å². The molecular weight excluding hydrogens is 248 g/mol. The van der Waals surface area contributed by atoms with E-state index in [9.17, 15) is 8.78 Å². The maximum Gasteiger partial charge on any atom is 0.163 e. The lowest BCUT2D eigenvalue weighted by Crippen LogP contribution is -2.56. The van der Waals surface area contributed by atoms with Crippen LogP contribution in [0, 0.1) is 5.82 Å². The number of hydrogen-bond donors (Lipinski definition) is 0. The maximum atomic E-state index is 14.6. The van der Waals surface area contributed by atoms with Crippen LogP contribution in [-0.2, 0) is 19.3 Å². The van der Waals surface area contributed by atoms with Gasteiger partial charge in [0.05, 0.1) is 5.69 Å². The molecular formula is C14H15F2N3. The summed E-state index contributed by atoms with van der Waals surface area (Å²) in [6.45, 7) is 1.08. The van der Waals surface area contributed by atoms with Crippen LogP contribution in [0.25, 0.3) is 0 Å². The van der Waals surface area contributed by atoms with Crippen LogP contribution in [0.2, 0.25) is 0 Å². The summed E-state index contributed by atoms with van der Waals surface area (Å²) in [4.78, 5) is 1.95. The molecule has 5 heteroatoms. The van der Waals surface area contributed by atoms with Crippen molar-refractivity contribution >= 4 is 0 Å². The molecule has 1 aromatic carbocycles. The van der Waals surface area contributed by atoms with Gasteiger partial charge in [-0.05, 0) is 12.1 Å². The molecule has 19 heavy (non-hydrogen) atoms. The smallest absolute Gasteiger partial charge is 0.163 e. The van der Waals surface area contributed by atoms with E-state index >= 15 is 0 Å². The Morgan fingerprint density at radius 3 is 2.63 bits per heavy atom. The molecule has 0 N–H and O–H groups in total. The van der Waals surface area contributed by atoms with E-state index in [0.29, 0.717) is 6.54 Å². The van der Waals surface area contributed by atoms with Crippen LogP contribution in [0.3, 0.4) is 0 Å². The van der Waals surface area contributed by atoms with Gasteiger partial charge in [0, 0.05) is 38.4 Å². The van der Waals surface area contributed by atoms with E-state index in [2.05, 4.69) is 5.10 Å². The van der Waals surface area contributed by atoms with Crippen molar-refractivity contribution in [2.75, 3.05) is 13.1 Å². The number of hydrogen-bond acceptors (Lipinski definition) is 2. The molecule has 0 spiro atoms. The minimum Gasteiger partial charge on any atom is -0.290 e. The average molecular weight is 263 g/mol. The Morgan fingerprint density at radius 2 is 2.00 bits per heavy atom. The topological polar surface area (TPSA) is 21.1 Å². The van der Waals surface area contributed by atoms with Gasteiger partial charge in [0.1, 0.15) is 5.82 Å². The molecule has 3 nitrogen and oxygen atoms in total. The number of nitrogens with zero attached hydrogens (tertiary/aromatic N) is 3. The highest BCUT2D eigenvalue weighted by atomic mass is 19.1. The maximum absolute atomic E-state index is 14.6. The molecule has 0 radical (unpaired) electrons. The van der Waals surface area contributed by atoms with Gasteiger partial charge in [0.25, 0.3) is 0 Å². The summed E-state index contributed by atoms with van der Waals surface area (Å²) in [5, 5.41) is 4.07. The number of halogens is 2. The molecule has 1 aliphatic rings. The summed E-state index contributed by atoms with van der Waals surface area (Å²) in [6, 6.07) is 7.98. The fourth-order valence-corrected chi connectivity index (χ4v) is 2.55. The Kier molecular flexibility index (Phi) is 2.86. The molecule has 0 unspecified atom stereocenters. The zero-order chi connectivity index (χ0) is 13.5. The average Bonchev–Trinajstić information content (AvgIpc) is 2.73. The molecule has 2 aromatic rings. The Balaban J connectivity index is 1.69. The second kappa shape index (κ2) is 4.42. The third kappa shape index (κ3) is 2.14. The van der Waals surface area contributed by atoms with Crippen molar-refractivity contribution in [2.24, 2.45) is 7.05 Å². The van der Waals surface area contributed by atoms with Crippen LogP contribution in [0.5, 0.6) is 0 Å². The monoisotopic (exact) mass is 263 g/mol. The highest BCUT2D eigenvalue weighted by Gasteiger charge is 2.46. The molecule has 0 amide bonds. The van der Waals surface area contributed by atoms with E-state index in [0.717, 1.165) is 5.69 Å². The van der Waals surface area contributed by atoms with Crippen LogP contribution >= 0.6 is 0 Å². The van der Waals surface area contributed by atoms with Crippen molar-refractivity contribution < 1.29 is 8.78 Å². The van der Waals surface area contributed by atoms with Crippen LogP contribution < -0.4 is 0 Å². The van der Waals surface area contributed by atoms with Crippen molar-refractivity contribution in [3.05, 3.63) is 53.6 Å². The molecule has 0 saturated carbocycles. The Bertz CT molecular complexity index is 588. The minimum atomic E-state index is -1.57. The second-order valence-electron chi connectivity index (χ2n) is 5.04. The minimum absolute atomic E-state index is 0.163. The molecule has 100 valence electrons. The SMILES string of the molecule is Cn1nccc1CN1CC(F)(c2ccccc2F)C1. The molecule has 1 fully saturated rings. The molecule has 0 aliphatic carbocycles. The Hall–Kier alpha value is -1.75. The summed E-state index contributed by atoms with van der Waals surface area (Å²) in [6.07, 6.45) is 1.72. The number of alkyl halides is 1. The Morgan fingerprint density at radius 1 is 1.26 bits per heavy atom. The summed E-state index contributed by atoms with van der Waals surface area (Å²) >= 11 is 0. The van der Waals surface area contributed by atoms with Crippen LogP contribution in [0.4, 0.5) is 8.78 Å². The van der Waals surface area contributed by atoms with E-state index in [4.69, 9.17) is 0 Å². The first-order chi connectivity index (χ1) is 9.08. The van der Waals surface area contributed by atoms with Gasteiger partial charge in [-0.25, -0.2) is 8.78 Å². The lowest BCUT2D eigenvalue weighted by atomic mass is 9.87. The van der Waals surface area contributed by atoms with Crippen molar-refractivity contribution in [1.82, 2.24) is 14.7 Å². The fourth-order valence-electron chi connectivity index (χ4n) is 2.55. The molecule has 1 aliphatic heterocycles. The van der Waals surface area contributed by atoms with Gasteiger partial charge < -0.3 is 0 Å². The van der Waals surface area contributed by atoms with Gasteiger partial charge in [-0.15, -0.1) is 0 Å². The number of rotatable bonds is 3. The number of aromatic nitrogens is 2. The van der Waals surface area contributed by atoms with Crippen molar-refractivity contribution in [2.45, 2.75) is 12.2 Å². The molecule has 1 saturated heterocycles. The van der Waals surface area contributed by atoms with Gasteiger partial charge in [-0.3, -0.25) is 9.58 Å². The van der Waals surface area contributed by atoms with Gasteiger partial charge in [0.15, 0.2) is 5.67 Å². The fraction of sp³-hybridized carbons (Fsp3) is 0.357. The first-order valence-electron chi connectivity index (χ1n) is 6.22. The molecule has 2 heterocycles. The first-order valence-corrected chi connectivity index (χ1v) is 6.22. The zero-order valence-electron chi connectivity index (χ0n) is 10.7. The molecule has 1 aromatic heterocycles. The van der Waals surface area contributed by atoms with Crippen LogP contribution in [-0.4, -0.2) is 27.8 Å². The van der Waals surface area contributed by atoms with Crippen molar-refractivity contribution in [3.63, 3.8) is 0 Å². The summed E-state index contributed by atoms with van der Waals surface area (Å²) in [5.74, 6) is -0.467. The van der Waals surface area contributed by atoms with Crippen LogP contribution in [0.15, 0.2) is 36.5 Å². The van der Waals surface area contributed by atoms with Crippen molar-refractivity contribution in [3.8, 4) is 0 Å². The van der Waals surface area contributed by atoms with E-state index in [1.807, 2.05) is 18.0 Å². The van der Waals surface area contributed by atoms with E-state index < -0.39 is 11.5 Å². The first kappa shape index (κ1) is 12.3. The zero-order valence-corrected chi connectivity index (χ0v) is 10.7. The third-order valence-corrected chi connectivity index (χ3v) is 3.61. The lowest BCUT2D eigenvalue weighted by molar-refractivity contribution is -0.0451. The van der Waals surface area contributed by atoms with E-state index in [-0.39, 0.29) is 18.7 Å². The van der Waals surface area contributed by atoms with Gasteiger partial charge in [-0.1, -0.05) is 18.2 Å². The molecule has 0 bridgehead atoms. The summed E-state index contributed by atoms with van der Waals surface area (Å²) < 4.78 is 29.9. The quantitative estimate of drug-likeness (QED) is 0.847. The molecule has 3 rings (SSSR count). The number of aryl methyl sites for hydroxylation is 1. The lowest BCUT2D eigenvalue weighted by Gasteiger charge is -2.44. The van der Waals surface area contributed by atoms with E-state index in [1.165, 1.54) is 12.1 Å². The highest BCUT2D eigenvalue weighted by Crippen LogP contribution is 2.37. The standard InChI is InChI=1S/C14H15F2N3/c1-18-11(6-7-17-18)8-19-9-14(16,10-19)12-4-2-3-5-13(12)15/h2-7H,8-10H2,1H3.